The zero-order chi connectivity index (χ0) is 26.5. The van der Waals surface area contributed by atoms with E-state index in [4.69, 9.17) is 14.6 Å². The molecule has 10 heteroatoms. The molecule has 0 aliphatic heterocycles. The summed E-state index contributed by atoms with van der Waals surface area (Å²) >= 11 is 0. The summed E-state index contributed by atoms with van der Waals surface area (Å²) in [5.41, 5.74) is 0.218. The number of anilines is 2. The lowest BCUT2D eigenvalue weighted by Crippen LogP contribution is -2.33. The molecule has 3 rings (SSSR count). The second-order valence-electron chi connectivity index (χ2n) is 11.6. The van der Waals surface area contributed by atoms with Gasteiger partial charge in [-0.1, -0.05) is 13.3 Å². The van der Waals surface area contributed by atoms with Crippen LogP contribution in [-0.2, 0) is 21.6 Å². The third kappa shape index (κ3) is 8.15. The molecule has 2 heterocycles. The molecule has 2 aromatic heterocycles. The summed E-state index contributed by atoms with van der Waals surface area (Å²) in [6.07, 6.45) is 4.74. The Morgan fingerprint density at radius 3 is 2.61 bits per heavy atom. The molecule has 2 N–H and O–H groups in total. The molecule has 200 valence electrons. The number of ether oxygens (including phenoxy) is 2. The number of carbonyl (C=O) groups is 1. The molecule has 1 amide bonds. The predicted molar refractivity (Wildman–Crippen MR) is 137 cm³/mol. The van der Waals surface area contributed by atoms with Gasteiger partial charge in [-0.3, -0.25) is 0 Å². The van der Waals surface area contributed by atoms with Gasteiger partial charge in [-0.15, -0.1) is 0 Å². The van der Waals surface area contributed by atoms with E-state index in [0.717, 1.165) is 24.7 Å². The Balaban J connectivity index is 1.58. The largest absolute Gasteiger partial charge is 0.444 e. The summed E-state index contributed by atoms with van der Waals surface area (Å²) in [5, 5.41) is 10.7. The van der Waals surface area contributed by atoms with Gasteiger partial charge in [0.2, 0.25) is 0 Å². The Morgan fingerprint density at radius 2 is 1.97 bits per heavy atom. The van der Waals surface area contributed by atoms with Crippen molar-refractivity contribution < 1.29 is 18.7 Å². The smallest absolute Gasteiger partial charge is 0.407 e. The van der Waals surface area contributed by atoms with Crippen molar-refractivity contribution in [3.05, 3.63) is 29.6 Å². The van der Waals surface area contributed by atoms with Crippen LogP contribution in [0, 0.1) is 11.7 Å². The first-order chi connectivity index (χ1) is 16.8. The predicted octanol–water partition coefficient (Wildman–Crippen LogP) is 5.65. The first kappa shape index (κ1) is 27.8. The van der Waals surface area contributed by atoms with E-state index in [1.165, 1.54) is 6.42 Å². The Kier molecular flexibility index (Phi) is 8.92. The van der Waals surface area contributed by atoms with E-state index in [2.05, 4.69) is 48.3 Å². The van der Waals surface area contributed by atoms with Crippen LogP contribution in [0.25, 0.3) is 0 Å². The lowest BCUT2D eigenvalue weighted by molar-refractivity contribution is 0.0517. The van der Waals surface area contributed by atoms with Gasteiger partial charge in [0.15, 0.2) is 17.5 Å². The minimum atomic E-state index is -0.544. The molecule has 0 radical (unpaired) electrons. The van der Waals surface area contributed by atoms with Crippen LogP contribution < -0.4 is 10.6 Å². The highest BCUT2D eigenvalue weighted by Gasteiger charge is 2.28. The van der Waals surface area contributed by atoms with Crippen molar-refractivity contribution in [1.29, 1.82) is 0 Å². The van der Waals surface area contributed by atoms with Crippen molar-refractivity contribution in [2.24, 2.45) is 5.92 Å². The van der Waals surface area contributed by atoms with Gasteiger partial charge in [-0.05, 0) is 66.7 Å². The van der Waals surface area contributed by atoms with Gasteiger partial charge in [0.05, 0.1) is 17.4 Å². The number of nitrogens with one attached hydrogen (secondary N) is 2. The first-order valence-corrected chi connectivity index (χ1v) is 12.8. The highest BCUT2D eigenvalue weighted by Crippen LogP contribution is 2.39. The Labute approximate surface area is 213 Å². The molecular weight excluding hydrogens is 463 g/mol. The van der Waals surface area contributed by atoms with Gasteiger partial charge < -0.3 is 20.1 Å². The molecule has 36 heavy (non-hydrogen) atoms. The lowest BCUT2D eigenvalue weighted by Gasteiger charge is -2.22. The van der Waals surface area contributed by atoms with Crippen LogP contribution >= 0.6 is 0 Å². The summed E-state index contributed by atoms with van der Waals surface area (Å²) in [6.45, 7) is 14.9. The number of aromatic nitrogens is 4. The molecule has 0 bridgehead atoms. The fourth-order valence-electron chi connectivity index (χ4n) is 4.20. The normalized spacial score (nSPS) is 18.3. The van der Waals surface area contributed by atoms with E-state index in [0.29, 0.717) is 43.1 Å². The average molecular weight is 505 g/mol. The van der Waals surface area contributed by atoms with Gasteiger partial charge in [0, 0.05) is 25.1 Å². The molecule has 0 unspecified atom stereocenters. The first-order valence-electron chi connectivity index (χ1n) is 12.8. The van der Waals surface area contributed by atoms with Gasteiger partial charge in [-0.2, -0.15) is 5.10 Å². The molecule has 0 aromatic carbocycles. The standard InChI is InChI=1S/C26H41FN6O3/c1-17-9-10-18(13-17)20-14-22(33(32-20)25(2,3)4)31-23-19(27)15-29-21(30-23)16-35-12-8-11-28-24(34)36-26(5,6)7/h14-15,17-18H,8-13,16H2,1-7H3,(H,28,34)(H,29,30,31)/t17-,18+/m1/s1. The van der Waals surface area contributed by atoms with Crippen LogP contribution in [0.15, 0.2) is 12.3 Å². The van der Waals surface area contributed by atoms with Crippen LogP contribution in [0.3, 0.4) is 0 Å². The summed E-state index contributed by atoms with van der Waals surface area (Å²) in [4.78, 5) is 20.1. The quantitative estimate of drug-likeness (QED) is 0.426. The summed E-state index contributed by atoms with van der Waals surface area (Å²) in [7, 11) is 0. The maximum Gasteiger partial charge on any atom is 0.407 e. The number of amides is 1. The highest BCUT2D eigenvalue weighted by atomic mass is 19.1. The molecule has 9 nitrogen and oxygen atoms in total. The van der Waals surface area contributed by atoms with Crippen molar-refractivity contribution in [3.8, 4) is 0 Å². The third-order valence-corrected chi connectivity index (χ3v) is 5.88. The summed E-state index contributed by atoms with van der Waals surface area (Å²) < 4.78 is 27.3. The van der Waals surface area contributed by atoms with Crippen molar-refractivity contribution in [1.82, 2.24) is 25.1 Å². The van der Waals surface area contributed by atoms with Crippen molar-refractivity contribution >= 4 is 17.7 Å². The van der Waals surface area contributed by atoms with Crippen LogP contribution in [0.5, 0.6) is 0 Å². The van der Waals surface area contributed by atoms with Gasteiger partial charge in [0.25, 0.3) is 0 Å². The van der Waals surface area contributed by atoms with E-state index in [1.807, 2.05) is 31.5 Å². The van der Waals surface area contributed by atoms with E-state index in [9.17, 15) is 9.18 Å². The van der Waals surface area contributed by atoms with Crippen molar-refractivity contribution in [3.63, 3.8) is 0 Å². The fourth-order valence-corrected chi connectivity index (χ4v) is 4.20. The number of rotatable bonds is 9. The minimum Gasteiger partial charge on any atom is -0.444 e. The maximum atomic E-state index is 14.6. The number of alkyl carbamates (subject to hydrolysis) is 1. The summed E-state index contributed by atoms with van der Waals surface area (Å²) in [6, 6.07) is 2.02. The topological polar surface area (TPSA) is 103 Å². The molecule has 1 aliphatic carbocycles. The van der Waals surface area contributed by atoms with Crippen LogP contribution in [0.1, 0.15) is 91.6 Å². The highest BCUT2D eigenvalue weighted by molar-refractivity contribution is 5.67. The van der Waals surface area contributed by atoms with Crippen LogP contribution in [0.2, 0.25) is 0 Å². The van der Waals surface area contributed by atoms with Crippen LogP contribution in [-0.4, -0.2) is 44.6 Å². The van der Waals surface area contributed by atoms with E-state index in [1.54, 1.807) is 0 Å². The average Bonchev–Trinajstić information content (AvgIpc) is 3.37. The van der Waals surface area contributed by atoms with Crippen LogP contribution in [0.4, 0.5) is 20.8 Å². The second kappa shape index (κ2) is 11.5. The van der Waals surface area contributed by atoms with Crippen molar-refractivity contribution in [2.45, 2.75) is 97.8 Å². The lowest BCUT2D eigenvalue weighted by atomic mass is 10.0. The molecule has 1 saturated carbocycles. The summed E-state index contributed by atoms with van der Waals surface area (Å²) in [5.74, 6) is 1.74. The zero-order valence-corrected chi connectivity index (χ0v) is 22.7. The molecule has 0 saturated heterocycles. The molecule has 2 aromatic rings. The molecule has 2 atom stereocenters. The minimum absolute atomic E-state index is 0.0898. The van der Waals surface area contributed by atoms with Gasteiger partial charge in [-0.25, -0.2) is 23.8 Å². The number of carbonyl (C=O) groups excluding carboxylic acids is 1. The fraction of sp³-hybridized carbons (Fsp3) is 0.692. The van der Waals surface area contributed by atoms with E-state index in [-0.39, 0.29) is 18.0 Å². The molecule has 1 fully saturated rings. The van der Waals surface area contributed by atoms with E-state index < -0.39 is 17.5 Å². The monoisotopic (exact) mass is 504 g/mol. The third-order valence-electron chi connectivity index (χ3n) is 5.88. The Hall–Kier alpha value is -2.75. The van der Waals surface area contributed by atoms with Gasteiger partial charge >= 0.3 is 6.09 Å². The Bertz CT molecular complexity index is 1030. The van der Waals surface area contributed by atoms with E-state index >= 15 is 0 Å². The second-order valence-corrected chi connectivity index (χ2v) is 11.6. The molecular formula is C26H41FN6O3. The Morgan fingerprint density at radius 1 is 1.22 bits per heavy atom. The zero-order valence-electron chi connectivity index (χ0n) is 22.7. The maximum absolute atomic E-state index is 14.6. The molecule has 0 spiro atoms. The number of hydrogen-bond donors (Lipinski definition) is 2. The van der Waals surface area contributed by atoms with Gasteiger partial charge in [0.1, 0.15) is 18.0 Å². The van der Waals surface area contributed by atoms with Crippen molar-refractivity contribution in [2.75, 3.05) is 18.5 Å². The number of hydrogen-bond acceptors (Lipinski definition) is 7. The SMILES string of the molecule is C[C@@H]1CC[C@H](c2cc(Nc3nc(COCCCNC(=O)OC(C)(C)C)ncc3F)n(C(C)(C)C)n2)C1. The number of nitrogens with zero attached hydrogens (tertiary/aromatic N) is 4. The number of halogens is 1. The molecule has 1 aliphatic rings.